The number of pyridine rings is 2. The van der Waals surface area contributed by atoms with Crippen molar-refractivity contribution in [2.45, 2.75) is 0 Å². The second-order valence-corrected chi connectivity index (χ2v) is 13.4. The zero-order valence-electron chi connectivity index (χ0n) is 26.4. The molecule has 0 N–H and O–H groups in total. The highest BCUT2D eigenvalue weighted by Gasteiger charge is 2.40. The molecule has 2 nitrogen and oxygen atoms in total. The van der Waals surface area contributed by atoms with Gasteiger partial charge in [-0.05, 0) is 91.1 Å². The fourth-order valence-corrected chi connectivity index (χ4v) is 8.57. The van der Waals surface area contributed by atoms with Crippen molar-refractivity contribution in [2.75, 3.05) is 0 Å². The van der Waals surface area contributed by atoms with Gasteiger partial charge in [-0.25, -0.2) is 0 Å². The maximum absolute atomic E-state index is 4.72. The SMILES string of the molecule is C1=CC2=CC=C3C=CC=C4C(/C=C/c5ccnc(-c6cc(/C=C/C7=CC8=CC=CC9=CC=C%10C=CC=C7C%10C98)ccn6)c5)=CC(=C1)C2C34. The van der Waals surface area contributed by atoms with Gasteiger partial charge in [-0.3, -0.25) is 9.97 Å². The van der Waals surface area contributed by atoms with E-state index in [1.165, 1.54) is 55.7 Å². The van der Waals surface area contributed by atoms with Crippen molar-refractivity contribution in [3.63, 3.8) is 0 Å². The monoisotopic (exact) mass is 612 g/mol. The Kier molecular flexibility index (Phi) is 6.17. The molecule has 4 atom stereocenters. The molecule has 0 spiro atoms. The number of nitrogens with zero attached hydrogens (tertiary/aromatic N) is 2. The van der Waals surface area contributed by atoms with Gasteiger partial charge in [0.1, 0.15) is 0 Å². The van der Waals surface area contributed by atoms with E-state index >= 15 is 0 Å². The summed E-state index contributed by atoms with van der Waals surface area (Å²) in [4.78, 5) is 9.44. The van der Waals surface area contributed by atoms with Gasteiger partial charge in [0, 0.05) is 36.1 Å². The predicted molar refractivity (Wildman–Crippen MR) is 197 cm³/mol. The van der Waals surface area contributed by atoms with Gasteiger partial charge in [0.05, 0.1) is 11.4 Å². The Labute approximate surface area is 281 Å². The van der Waals surface area contributed by atoms with E-state index in [1.807, 2.05) is 12.4 Å². The third kappa shape index (κ3) is 4.41. The molecule has 0 bridgehead atoms. The largest absolute Gasteiger partial charge is 0.255 e. The van der Waals surface area contributed by atoms with Gasteiger partial charge in [-0.1, -0.05) is 134 Å². The number of hydrogen-bond donors (Lipinski definition) is 0. The lowest BCUT2D eigenvalue weighted by molar-refractivity contribution is 0.559. The van der Waals surface area contributed by atoms with Crippen LogP contribution in [-0.2, 0) is 0 Å². The van der Waals surface area contributed by atoms with Crippen LogP contribution in [0.5, 0.6) is 0 Å². The topological polar surface area (TPSA) is 25.8 Å². The number of hydrogen-bond acceptors (Lipinski definition) is 2. The fraction of sp³-hybridized carbons (Fsp3) is 0.0870. The first-order valence-corrected chi connectivity index (χ1v) is 16.9. The van der Waals surface area contributed by atoms with Gasteiger partial charge >= 0.3 is 0 Å². The van der Waals surface area contributed by atoms with Gasteiger partial charge < -0.3 is 0 Å². The zero-order chi connectivity index (χ0) is 31.6. The van der Waals surface area contributed by atoms with Gasteiger partial charge in [0.15, 0.2) is 0 Å². The van der Waals surface area contributed by atoms with Crippen LogP contribution in [0.25, 0.3) is 23.5 Å². The molecule has 2 heteroatoms. The molecule has 2 aromatic heterocycles. The molecule has 10 rings (SSSR count). The highest BCUT2D eigenvalue weighted by atomic mass is 14.8. The number of rotatable bonds is 5. The Morgan fingerprint density at radius 1 is 0.417 bits per heavy atom. The normalized spacial score (nSPS) is 26.7. The molecule has 0 aliphatic heterocycles. The van der Waals surface area contributed by atoms with Crippen LogP contribution in [0.4, 0.5) is 0 Å². The van der Waals surface area contributed by atoms with Crippen LogP contribution in [-0.4, -0.2) is 9.97 Å². The van der Waals surface area contributed by atoms with Crippen LogP contribution in [0.3, 0.4) is 0 Å². The minimum Gasteiger partial charge on any atom is -0.255 e. The first-order valence-electron chi connectivity index (χ1n) is 16.9. The Morgan fingerprint density at radius 2 is 0.833 bits per heavy atom. The van der Waals surface area contributed by atoms with Crippen molar-refractivity contribution < 1.29 is 0 Å². The average molecular weight is 613 g/mol. The van der Waals surface area contributed by atoms with Gasteiger partial charge in [0.2, 0.25) is 0 Å². The van der Waals surface area contributed by atoms with Crippen LogP contribution in [0.1, 0.15) is 11.1 Å². The van der Waals surface area contributed by atoms with Crippen molar-refractivity contribution >= 4 is 12.2 Å². The molecule has 4 unspecified atom stereocenters. The molecular formula is C46H32N2. The van der Waals surface area contributed by atoms with Gasteiger partial charge in [0.25, 0.3) is 0 Å². The van der Waals surface area contributed by atoms with E-state index in [0.717, 1.165) is 22.5 Å². The van der Waals surface area contributed by atoms with E-state index in [2.05, 4.69) is 158 Å². The molecule has 2 aromatic rings. The molecule has 2 heterocycles. The highest BCUT2D eigenvalue weighted by molar-refractivity contribution is 5.71. The molecule has 48 heavy (non-hydrogen) atoms. The molecular weight excluding hydrogens is 581 g/mol. The zero-order valence-corrected chi connectivity index (χ0v) is 26.4. The molecule has 0 radical (unpaired) electrons. The summed E-state index contributed by atoms with van der Waals surface area (Å²) in [7, 11) is 0. The maximum Gasteiger partial charge on any atom is 0.0892 e. The highest BCUT2D eigenvalue weighted by Crippen LogP contribution is 2.52. The minimum atomic E-state index is 0.382. The standard InChI is InChI=1S/C46H32N2/c1-5-31-17-19-33-7-3-11-39-35(27-37(9-1)43(31)45(33)39)15-13-29-21-23-47-41(25-29)42-26-30(22-24-48-42)14-16-36-28-38-10-2-6-32-18-20-34-8-4-12-40(36)46(34)44(32)38/h1-28,43-46H/b15-13+,16-14+. The van der Waals surface area contributed by atoms with Crippen LogP contribution >= 0.6 is 0 Å². The minimum absolute atomic E-state index is 0.382. The number of allylic oxidation sites excluding steroid dienone is 30. The third-order valence-corrected chi connectivity index (χ3v) is 10.8. The summed E-state index contributed by atoms with van der Waals surface area (Å²) in [6.07, 6.45) is 53.6. The first kappa shape index (κ1) is 27.3. The van der Waals surface area contributed by atoms with Gasteiger partial charge in [-0.15, -0.1) is 0 Å². The molecule has 0 saturated heterocycles. The average Bonchev–Trinajstić information content (AvgIpc) is 3.15. The van der Waals surface area contributed by atoms with Crippen molar-refractivity contribution in [1.82, 2.24) is 9.97 Å². The summed E-state index contributed by atoms with van der Waals surface area (Å²) < 4.78 is 0. The summed E-state index contributed by atoms with van der Waals surface area (Å²) in [6, 6.07) is 8.41. The molecule has 0 saturated carbocycles. The Bertz CT molecular complexity index is 2170. The van der Waals surface area contributed by atoms with E-state index in [-0.39, 0.29) is 0 Å². The van der Waals surface area contributed by atoms with E-state index in [4.69, 9.17) is 9.97 Å². The maximum atomic E-state index is 4.72. The lowest BCUT2D eigenvalue weighted by Crippen LogP contribution is -2.29. The summed E-state index contributed by atoms with van der Waals surface area (Å²) in [5.41, 5.74) is 17.7. The number of aromatic nitrogens is 2. The lowest BCUT2D eigenvalue weighted by atomic mass is 9.62. The Morgan fingerprint density at radius 3 is 1.29 bits per heavy atom. The molecule has 0 aromatic carbocycles. The molecule has 0 fully saturated rings. The second kappa shape index (κ2) is 10.9. The van der Waals surface area contributed by atoms with E-state index < -0.39 is 0 Å². The Hall–Kier alpha value is -5.86. The van der Waals surface area contributed by atoms with Crippen LogP contribution in [0.2, 0.25) is 0 Å². The van der Waals surface area contributed by atoms with E-state index in [0.29, 0.717) is 23.7 Å². The first-order chi connectivity index (χ1) is 23.8. The van der Waals surface area contributed by atoms with Gasteiger partial charge in [-0.2, -0.15) is 0 Å². The van der Waals surface area contributed by atoms with E-state index in [1.54, 1.807) is 0 Å². The summed E-state index contributed by atoms with van der Waals surface area (Å²) in [6.45, 7) is 0. The van der Waals surface area contributed by atoms with Crippen molar-refractivity contribution in [2.24, 2.45) is 23.7 Å². The molecule has 8 aliphatic carbocycles. The fourth-order valence-electron chi connectivity index (χ4n) is 8.57. The molecule has 0 amide bonds. The summed E-state index contributed by atoms with van der Waals surface area (Å²) >= 11 is 0. The molecule has 226 valence electrons. The smallest absolute Gasteiger partial charge is 0.0892 e. The summed E-state index contributed by atoms with van der Waals surface area (Å²) in [5, 5.41) is 0. The third-order valence-electron chi connectivity index (χ3n) is 10.8. The predicted octanol–water partition coefficient (Wildman–Crippen LogP) is 10.2. The van der Waals surface area contributed by atoms with Crippen molar-refractivity contribution in [3.8, 4) is 11.4 Å². The van der Waals surface area contributed by atoms with Crippen LogP contribution in [0, 0.1) is 23.7 Å². The lowest BCUT2D eigenvalue weighted by Gasteiger charge is -2.41. The quantitative estimate of drug-likeness (QED) is 0.336. The Balaban J connectivity index is 0.931. The van der Waals surface area contributed by atoms with Crippen LogP contribution in [0.15, 0.2) is 214 Å². The summed E-state index contributed by atoms with van der Waals surface area (Å²) in [5.74, 6) is 1.59. The van der Waals surface area contributed by atoms with Crippen LogP contribution < -0.4 is 0 Å². The second-order valence-electron chi connectivity index (χ2n) is 13.4. The van der Waals surface area contributed by atoms with Crippen molar-refractivity contribution in [3.05, 3.63) is 225 Å². The van der Waals surface area contributed by atoms with E-state index in [9.17, 15) is 0 Å². The van der Waals surface area contributed by atoms with Crippen molar-refractivity contribution in [1.29, 1.82) is 0 Å². The molecule has 8 aliphatic rings.